The van der Waals surface area contributed by atoms with Crippen molar-refractivity contribution in [2.75, 3.05) is 6.54 Å². The van der Waals surface area contributed by atoms with Crippen LogP contribution in [0.2, 0.25) is 0 Å². The van der Waals surface area contributed by atoms with E-state index in [0.29, 0.717) is 17.9 Å². The monoisotopic (exact) mass is 336 g/mol. The summed E-state index contributed by atoms with van der Waals surface area (Å²) in [6.45, 7) is 5.19. The molecular weight excluding hydrogens is 308 g/mol. The Morgan fingerprint density at radius 2 is 1.88 bits per heavy atom. The van der Waals surface area contributed by atoms with Crippen LogP contribution in [0, 0.1) is 5.92 Å². The van der Waals surface area contributed by atoms with Gasteiger partial charge in [-0.25, -0.2) is 0 Å². The molecule has 0 bridgehead atoms. The molecule has 2 heterocycles. The minimum atomic E-state index is 0.220. The largest absolute Gasteiger partial charge is 0.335 e. The third kappa shape index (κ3) is 3.05. The number of carbonyl (C=O) groups excluding carboxylic acids is 1. The Hall–Kier alpha value is -1.90. The molecule has 1 aliphatic carbocycles. The molecule has 2 atom stereocenters. The molecule has 2 fully saturated rings. The molecule has 2 unspecified atom stereocenters. The fourth-order valence-corrected chi connectivity index (χ4v) is 4.70. The van der Waals surface area contributed by atoms with E-state index in [9.17, 15) is 4.79 Å². The Balaban J connectivity index is 1.76. The number of nitrogens with zero attached hydrogens (tertiary/aromatic N) is 2. The smallest absolute Gasteiger partial charge is 0.254 e. The topological polar surface area (TPSA) is 33.2 Å². The van der Waals surface area contributed by atoms with Crippen LogP contribution in [0.5, 0.6) is 0 Å². The van der Waals surface area contributed by atoms with Gasteiger partial charge in [0, 0.05) is 23.7 Å². The van der Waals surface area contributed by atoms with E-state index in [2.05, 4.69) is 18.7 Å². The third-order valence-electron chi connectivity index (χ3n) is 6.06. The van der Waals surface area contributed by atoms with Gasteiger partial charge in [0.15, 0.2) is 0 Å². The first-order chi connectivity index (χ1) is 12.1. The van der Waals surface area contributed by atoms with E-state index < -0.39 is 0 Å². The van der Waals surface area contributed by atoms with Gasteiger partial charge < -0.3 is 4.90 Å². The number of hydrogen-bond donors (Lipinski definition) is 0. The number of fused-ring (bicyclic) bond motifs is 2. The second kappa shape index (κ2) is 6.78. The molecule has 1 saturated carbocycles. The first-order valence-electron chi connectivity index (χ1n) is 9.86. The molecule has 2 aliphatic rings. The van der Waals surface area contributed by atoms with Crippen molar-refractivity contribution in [2.45, 2.75) is 64.3 Å². The van der Waals surface area contributed by atoms with Crippen molar-refractivity contribution >= 4 is 16.8 Å². The van der Waals surface area contributed by atoms with Crippen molar-refractivity contribution in [3.05, 3.63) is 41.6 Å². The van der Waals surface area contributed by atoms with Crippen LogP contribution in [0.4, 0.5) is 0 Å². The summed E-state index contributed by atoms with van der Waals surface area (Å²) in [7, 11) is 0. The molecule has 132 valence electrons. The number of aromatic nitrogens is 1. The average molecular weight is 336 g/mol. The molecule has 1 aliphatic heterocycles. The summed E-state index contributed by atoms with van der Waals surface area (Å²) in [5, 5.41) is 0.995. The van der Waals surface area contributed by atoms with Gasteiger partial charge in [0.2, 0.25) is 0 Å². The van der Waals surface area contributed by atoms with Crippen LogP contribution >= 0.6 is 0 Å². The number of para-hydroxylation sites is 1. The second-order valence-corrected chi connectivity index (χ2v) is 8.02. The molecule has 1 saturated heterocycles. The summed E-state index contributed by atoms with van der Waals surface area (Å²) in [6, 6.07) is 10.6. The maximum atomic E-state index is 13.5. The van der Waals surface area contributed by atoms with Crippen molar-refractivity contribution in [1.29, 1.82) is 0 Å². The Kier molecular flexibility index (Phi) is 4.49. The van der Waals surface area contributed by atoms with Crippen molar-refractivity contribution in [1.82, 2.24) is 9.88 Å². The van der Waals surface area contributed by atoms with E-state index in [1.54, 1.807) is 0 Å². The van der Waals surface area contributed by atoms with E-state index in [1.165, 1.54) is 32.1 Å². The Labute approximate surface area is 150 Å². The molecule has 1 aromatic heterocycles. The van der Waals surface area contributed by atoms with Crippen molar-refractivity contribution in [2.24, 2.45) is 5.92 Å². The zero-order chi connectivity index (χ0) is 17.4. The van der Waals surface area contributed by atoms with Gasteiger partial charge in [-0.1, -0.05) is 44.9 Å². The van der Waals surface area contributed by atoms with Gasteiger partial charge in [0.25, 0.3) is 5.91 Å². The predicted octanol–water partition coefficient (Wildman–Crippen LogP) is 5.15. The van der Waals surface area contributed by atoms with Gasteiger partial charge in [-0.05, 0) is 49.7 Å². The van der Waals surface area contributed by atoms with E-state index in [1.807, 2.05) is 30.3 Å². The highest BCUT2D eigenvalue weighted by molar-refractivity contribution is 6.06. The van der Waals surface area contributed by atoms with Crippen LogP contribution in [-0.4, -0.2) is 28.4 Å². The van der Waals surface area contributed by atoms with Crippen molar-refractivity contribution in [3.63, 3.8) is 0 Å². The summed E-state index contributed by atoms with van der Waals surface area (Å²) in [4.78, 5) is 20.5. The number of pyridine rings is 1. The van der Waals surface area contributed by atoms with Crippen LogP contribution in [-0.2, 0) is 0 Å². The number of piperidine rings is 1. The summed E-state index contributed by atoms with van der Waals surface area (Å²) >= 11 is 0. The molecule has 0 N–H and O–H groups in total. The van der Waals surface area contributed by atoms with E-state index >= 15 is 0 Å². The molecular formula is C22H28N2O. The lowest BCUT2D eigenvalue weighted by Crippen LogP contribution is -2.49. The zero-order valence-electron chi connectivity index (χ0n) is 15.4. The molecule has 2 aromatic rings. The van der Waals surface area contributed by atoms with Gasteiger partial charge in [0.1, 0.15) is 0 Å². The zero-order valence-corrected chi connectivity index (χ0v) is 15.4. The third-order valence-corrected chi connectivity index (χ3v) is 6.06. The minimum absolute atomic E-state index is 0.220. The average Bonchev–Trinajstić information content (AvgIpc) is 2.66. The molecule has 3 heteroatoms. The highest BCUT2D eigenvalue weighted by Gasteiger charge is 2.36. The predicted molar refractivity (Wildman–Crippen MR) is 102 cm³/mol. The van der Waals surface area contributed by atoms with E-state index in [-0.39, 0.29) is 5.91 Å². The molecule has 1 aromatic carbocycles. The van der Waals surface area contributed by atoms with Crippen LogP contribution < -0.4 is 0 Å². The van der Waals surface area contributed by atoms with E-state index in [4.69, 9.17) is 4.98 Å². The van der Waals surface area contributed by atoms with Crippen molar-refractivity contribution in [3.8, 4) is 0 Å². The van der Waals surface area contributed by atoms with Crippen LogP contribution in [0.25, 0.3) is 10.9 Å². The number of amides is 1. The van der Waals surface area contributed by atoms with Gasteiger partial charge in [0.05, 0.1) is 11.1 Å². The highest BCUT2D eigenvalue weighted by Crippen LogP contribution is 2.36. The molecule has 4 rings (SSSR count). The summed E-state index contributed by atoms with van der Waals surface area (Å²) < 4.78 is 0. The summed E-state index contributed by atoms with van der Waals surface area (Å²) in [5.41, 5.74) is 2.80. The fourth-order valence-electron chi connectivity index (χ4n) is 4.70. The maximum Gasteiger partial charge on any atom is 0.254 e. The van der Waals surface area contributed by atoms with E-state index in [0.717, 1.165) is 35.1 Å². The van der Waals surface area contributed by atoms with Crippen LogP contribution in [0.1, 0.15) is 74.3 Å². The molecule has 0 radical (unpaired) electrons. The number of benzene rings is 1. The Morgan fingerprint density at radius 1 is 1.12 bits per heavy atom. The Morgan fingerprint density at radius 3 is 2.72 bits per heavy atom. The highest BCUT2D eigenvalue weighted by atomic mass is 16.2. The summed E-state index contributed by atoms with van der Waals surface area (Å²) in [5.74, 6) is 1.25. The fraction of sp³-hybridized carbons (Fsp3) is 0.545. The van der Waals surface area contributed by atoms with Crippen LogP contribution in [0.15, 0.2) is 30.3 Å². The first-order valence-corrected chi connectivity index (χ1v) is 9.86. The molecule has 25 heavy (non-hydrogen) atoms. The van der Waals surface area contributed by atoms with Gasteiger partial charge in [-0.15, -0.1) is 0 Å². The quantitative estimate of drug-likeness (QED) is 0.759. The standard InChI is InChI=1S/C22H28N2O/c1-15(2)20-14-18(17-10-4-5-11-19(17)23-20)22(25)24-13-7-9-16-8-3-6-12-21(16)24/h4-5,10-11,14-16,21H,3,6-9,12-13H2,1-2H3. The lowest BCUT2D eigenvalue weighted by Gasteiger charge is -2.44. The molecule has 1 amide bonds. The normalized spacial score (nSPS) is 23.7. The number of hydrogen-bond acceptors (Lipinski definition) is 2. The summed E-state index contributed by atoms with van der Waals surface area (Å²) in [6.07, 6.45) is 7.51. The van der Waals surface area contributed by atoms with Gasteiger partial charge >= 0.3 is 0 Å². The molecule has 0 spiro atoms. The number of carbonyl (C=O) groups is 1. The maximum absolute atomic E-state index is 13.5. The van der Waals surface area contributed by atoms with Gasteiger partial charge in [-0.3, -0.25) is 9.78 Å². The first kappa shape index (κ1) is 16.6. The van der Waals surface area contributed by atoms with Crippen molar-refractivity contribution < 1.29 is 4.79 Å². The SMILES string of the molecule is CC(C)c1cc(C(=O)N2CCCC3CCCCC32)c2ccccc2n1. The second-order valence-electron chi connectivity index (χ2n) is 8.02. The van der Waals surface area contributed by atoms with Gasteiger partial charge in [-0.2, -0.15) is 0 Å². The number of likely N-dealkylation sites (tertiary alicyclic amines) is 1. The minimum Gasteiger partial charge on any atom is -0.335 e. The Bertz CT molecular complexity index is 781. The lowest BCUT2D eigenvalue weighted by atomic mass is 9.78. The molecule has 3 nitrogen and oxygen atoms in total. The van der Waals surface area contributed by atoms with Crippen LogP contribution in [0.3, 0.4) is 0 Å². The lowest BCUT2D eigenvalue weighted by molar-refractivity contribution is 0.0392. The number of rotatable bonds is 2.